The van der Waals surface area contributed by atoms with Crippen molar-refractivity contribution < 1.29 is 4.79 Å². The quantitative estimate of drug-likeness (QED) is 0.282. The summed E-state index contributed by atoms with van der Waals surface area (Å²) in [7, 11) is 0. The first-order valence-electron chi connectivity index (χ1n) is 10.1. The second kappa shape index (κ2) is 9.85. The van der Waals surface area contributed by atoms with Gasteiger partial charge in [0.15, 0.2) is 5.16 Å². The molecule has 0 aliphatic carbocycles. The molecule has 1 atom stereocenters. The molecular weight excluding hydrogens is 464 g/mol. The van der Waals surface area contributed by atoms with Crippen LogP contribution in [-0.2, 0) is 11.3 Å². The van der Waals surface area contributed by atoms with Crippen molar-refractivity contribution in [1.82, 2.24) is 14.5 Å². The number of amides is 1. The van der Waals surface area contributed by atoms with Gasteiger partial charge in [0.05, 0.1) is 23.0 Å². The van der Waals surface area contributed by atoms with Gasteiger partial charge in [-0.3, -0.25) is 19.1 Å². The van der Waals surface area contributed by atoms with Crippen molar-refractivity contribution in [1.29, 1.82) is 0 Å². The van der Waals surface area contributed by atoms with E-state index >= 15 is 0 Å². The molecule has 0 saturated heterocycles. The smallest absolute Gasteiger partial charge is 0.272 e. The third kappa shape index (κ3) is 4.87. The van der Waals surface area contributed by atoms with Crippen molar-refractivity contribution in [3.8, 4) is 0 Å². The second-order valence-electron chi connectivity index (χ2n) is 7.20. The second-order valence-corrected chi connectivity index (χ2v) is 9.73. The number of hydrogen-bond acceptors (Lipinski definition) is 6. The number of fused-ring (bicyclic) bond motifs is 1. The third-order valence-corrected chi connectivity index (χ3v) is 7.43. The van der Waals surface area contributed by atoms with Gasteiger partial charge in [0, 0.05) is 16.9 Å². The Hall–Kier alpha value is -2.68. The number of hydrogen-bond donors (Lipinski definition) is 1. The van der Waals surface area contributed by atoms with Crippen molar-refractivity contribution in [3.05, 3.63) is 80.7 Å². The van der Waals surface area contributed by atoms with E-state index in [0.29, 0.717) is 32.5 Å². The summed E-state index contributed by atoms with van der Waals surface area (Å²) in [6, 6.07) is 12.8. The molecule has 1 amide bonds. The molecule has 3 aromatic heterocycles. The molecule has 3 heterocycles. The van der Waals surface area contributed by atoms with Gasteiger partial charge in [0.2, 0.25) is 5.91 Å². The zero-order valence-electron chi connectivity index (χ0n) is 17.5. The van der Waals surface area contributed by atoms with Gasteiger partial charge in [0.1, 0.15) is 4.70 Å². The number of rotatable bonds is 7. The summed E-state index contributed by atoms with van der Waals surface area (Å²) in [5.74, 6) is -0.160. The Morgan fingerprint density at radius 2 is 2.12 bits per heavy atom. The van der Waals surface area contributed by atoms with Crippen LogP contribution in [0.2, 0.25) is 5.02 Å². The average molecular weight is 485 g/mol. The van der Waals surface area contributed by atoms with Crippen molar-refractivity contribution in [2.24, 2.45) is 0 Å². The summed E-state index contributed by atoms with van der Waals surface area (Å²) < 4.78 is 2.20. The number of aryl methyl sites for hydroxylation is 1. The largest absolute Gasteiger partial charge is 0.325 e. The molecule has 4 aromatic rings. The third-order valence-electron chi connectivity index (χ3n) is 4.95. The number of anilines is 1. The minimum absolute atomic E-state index is 0.126. The van der Waals surface area contributed by atoms with Gasteiger partial charge in [-0.25, -0.2) is 4.98 Å². The maximum Gasteiger partial charge on any atom is 0.272 e. The summed E-state index contributed by atoms with van der Waals surface area (Å²) in [5, 5.41) is 5.43. The highest BCUT2D eigenvalue weighted by atomic mass is 35.5. The fourth-order valence-electron chi connectivity index (χ4n) is 3.20. The predicted octanol–water partition coefficient (Wildman–Crippen LogP) is 5.37. The highest BCUT2D eigenvalue weighted by Gasteiger charge is 2.23. The van der Waals surface area contributed by atoms with Crippen molar-refractivity contribution in [2.75, 3.05) is 5.32 Å². The van der Waals surface area contributed by atoms with Crippen LogP contribution in [0.4, 0.5) is 5.69 Å². The molecule has 0 spiro atoms. The van der Waals surface area contributed by atoms with Crippen LogP contribution in [0.3, 0.4) is 0 Å². The number of thiophene rings is 1. The Kier molecular flexibility index (Phi) is 6.93. The number of nitrogens with one attached hydrogen (secondary N) is 1. The zero-order chi connectivity index (χ0) is 22.7. The highest BCUT2D eigenvalue weighted by Crippen LogP contribution is 2.28. The Balaban J connectivity index is 1.66. The van der Waals surface area contributed by atoms with Crippen LogP contribution in [0.5, 0.6) is 0 Å². The van der Waals surface area contributed by atoms with Crippen LogP contribution in [0.15, 0.2) is 64.0 Å². The molecule has 0 radical (unpaired) electrons. The van der Waals surface area contributed by atoms with Gasteiger partial charge in [0.25, 0.3) is 5.56 Å². The number of carbonyl (C=O) groups is 1. The molecule has 164 valence electrons. The average Bonchev–Trinajstić information content (AvgIpc) is 3.26. The van der Waals surface area contributed by atoms with Crippen LogP contribution in [0.1, 0.15) is 24.6 Å². The lowest BCUT2D eigenvalue weighted by Gasteiger charge is -2.18. The monoisotopic (exact) mass is 484 g/mol. The molecule has 32 heavy (non-hydrogen) atoms. The molecule has 9 heteroatoms. The number of nitrogens with zero attached hydrogens (tertiary/aromatic N) is 3. The van der Waals surface area contributed by atoms with Crippen LogP contribution >= 0.6 is 34.7 Å². The molecule has 1 aromatic carbocycles. The number of carbonyl (C=O) groups excluding carboxylic acids is 1. The summed E-state index contributed by atoms with van der Waals surface area (Å²) >= 11 is 8.75. The number of benzene rings is 1. The van der Waals surface area contributed by atoms with Crippen molar-refractivity contribution in [3.63, 3.8) is 0 Å². The number of aromatic nitrogens is 3. The van der Waals surface area contributed by atoms with Crippen molar-refractivity contribution >= 4 is 56.5 Å². The molecular formula is C23H21ClN4O2S2. The van der Waals surface area contributed by atoms with Crippen LogP contribution < -0.4 is 10.9 Å². The molecule has 0 bridgehead atoms. The first kappa shape index (κ1) is 22.5. The van der Waals surface area contributed by atoms with Crippen LogP contribution in [-0.4, -0.2) is 25.7 Å². The normalized spacial score (nSPS) is 12.1. The van der Waals surface area contributed by atoms with E-state index in [1.165, 1.54) is 23.1 Å². The van der Waals surface area contributed by atoms with E-state index in [-0.39, 0.29) is 18.0 Å². The first-order valence-corrected chi connectivity index (χ1v) is 12.2. The molecule has 6 nitrogen and oxygen atoms in total. The predicted molar refractivity (Wildman–Crippen MR) is 132 cm³/mol. The standard InChI is InChI=1S/C23H21ClN4O2S2/c1-3-19(21(29)26-18-12-15(24)8-7-14(18)2)32-23-27-17-9-11-31-20(17)22(30)28(23)13-16-6-4-5-10-25-16/h4-12,19H,3,13H2,1-2H3,(H,26,29). The first-order chi connectivity index (χ1) is 15.5. The van der Waals surface area contributed by atoms with Gasteiger partial charge in [-0.05, 0) is 54.6 Å². The molecule has 1 unspecified atom stereocenters. The van der Waals surface area contributed by atoms with E-state index in [1.807, 2.05) is 49.6 Å². The number of thioether (sulfide) groups is 1. The molecule has 0 aliphatic heterocycles. The minimum atomic E-state index is -0.439. The highest BCUT2D eigenvalue weighted by molar-refractivity contribution is 8.00. The van der Waals surface area contributed by atoms with E-state index in [4.69, 9.17) is 16.6 Å². The summed E-state index contributed by atoms with van der Waals surface area (Å²) in [5.41, 5.74) is 2.86. The fourth-order valence-corrected chi connectivity index (χ4v) is 5.16. The van der Waals surface area contributed by atoms with Crippen LogP contribution in [0, 0.1) is 6.92 Å². The van der Waals surface area contributed by atoms with Gasteiger partial charge in [-0.15, -0.1) is 11.3 Å². The summed E-state index contributed by atoms with van der Waals surface area (Å²) in [6.07, 6.45) is 2.26. The summed E-state index contributed by atoms with van der Waals surface area (Å²) in [6.45, 7) is 4.14. The lowest BCUT2D eigenvalue weighted by molar-refractivity contribution is -0.115. The number of halogens is 1. The SMILES string of the molecule is CCC(Sc1nc2ccsc2c(=O)n1Cc1ccccn1)C(=O)Nc1cc(Cl)ccc1C. The van der Waals surface area contributed by atoms with E-state index in [9.17, 15) is 9.59 Å². The molecule has 4 rings (SSSR count). The Bertz CT molecular complexity index is 1320. The Morgan fingerprint density at radius 1 is 1.28 bits per heavy atom. The maximum atomic E-state index is 13.2. The van der Waals surface area contributed by atoms with Gasteiger partial charge in [-0.2, -0.15) is 0 Å². The molecule has 1 N–H and O–H groups in total. The topological polar surface area (TPSA) is 76.9 Å². The maximum absolute atomic E-state index is 13.2. The van der Waals surface area contributed by atoms with E-state index in [2.05, 4.69) is 10.3 Å². The molecule has 0 fully saturated rings. The van der Waals surface area contributed by atoms with E-state index in [0.717, 1.165) is 11.3 Å². The number of pyridine rings is 1. The molecule has 0 saturated carbocycles. The van der Waals surface area contributed by atoms with Crippen LogP contribution in [0.25, 0.3) is 10.2 Å². The van der Waals surface area contributed by atoms with E-state index in [1.54, 1.807) is 22.9 Å². The lowest BCUT2D eigenvalue weighted by atomic mass is 10.2. The summed E-state index contributed by atoms with van der Waals surface area (Å²) in [4.78, 5) is 35.3. The fraction of sp³-hybridized carbons (Fsp3) is 0.217. The van der Waals surface area contributed by atoms with Gasteiger partial charge < -0.3 is 5.32 Å². The van der Waals surface area contributed by atoms with Gasteiger partial charge >= 0.3 is 0 Å². The van der Waals surface area contributed by atoms with Gasteiger partial charge in [-0.1, -0.05) is 42.4 Å². The Morgan fingerprint density at radius 3 is 2.88 bits per heavy atom. The van der Waals surface area contributed by atoms with E-state index < -0.39 is 5.25 Å². The molecule has 0 aliphatic rings. The zero-order valence-corrected chi connectivity index (χ0v) is 19.9. The lowest BCUT2D eigenvalue weighted by Crippen LogP contribution is -2.28. The minimum Gasteiger partial charge on any atom is -0.325 e. The van der Waals surface area contributed by atoms with Crippen molar-refractivity contribution in [2.45, 2.75) is 37.2 Å². The Labute approximate surface area is 198 Å².